The van der Waals surface area contributed by atoms with Gasteiger partial charge in [0.2, 0.25) is 5.91 Å². The van der Waals surface area contributed by atoms with Crippen molar-refractivity contribution in [1.29, 1.82) is 10.7 Å². The summed E-state index contributed by atoms with van der Waals surface area (Å²) in [6.07, 6.45) is -3.10. The Hall–Kier alpha value is -4.13. The molecule has 2 amide bonds. The van der Waals surface area contributed by atoms with Gasteiger partial charge >= 0.3 is 6.18 Å². The monoisotopic (exact) mass is 441 g/mol. The number of fused-ring (bicyclic) bond motifs is 1. The van der Waals surface area contributed by atoms with Crippen LogP contribution in [0.2, 0.25) is 0 Å². The van der Waals surface area contributed by atoms with Crippen LogP contribution < -0.4 is 11.1 Å². The average Bonchev–Trinajstić information content (AvgIpc) is 2.76. The number of nitrogens with zero attached hydrogens (tertiary/aromatic N) is 2. The fraction of sp³-hybridized carbons (Fsp3) is 0.182. The summed E-state index contributed by atoms with van der Waals surface area (Å²) in [6, 6.07) is 12.4. The fourth-order valence-electron chi connectivity index (χ4n) is 3.73. The van der Waals surface area contributed by atoms with Crippen molar-refractivity contribution in [3.63, 3.8) is 0 Å². The highest BCUT2D eigenvalue weighted by atomic mass is 19.4. The number of rotatable bonds is 5. The summed E-state index contributed by atoms with van der Waals surface area (Å²) in [5, 5.41) is 19.3. The number of anilines is 1. The molecule has 10 heteroatoms. The van der Waals surface area contributed by atoms with Gasteiger partial charge in [-0.2, -0.15) is 18.4 Å². The SMILES string of the molecule is N#Cc1cccc(NC(=O)[C@@H]2c3ccccc3C(=O)N(CC(F)(F)F)[C@H]2/C(C=N)=C/N)c1. The molecule has 1 aliphatic heterocycles. The van der Waals surface area contributed by atoms with Gasteiger partial charge in [-0.05, 0) is 29.8 Å². The fourth-order valence-corrected chi connectivity index (χ4v) is 3.73. The third-order valence-electron chi connectivity index (χ3n) is 5.03. The summed E-state index contributed by atoms with van der Waals surface area (Å²) >= 11 is 0. The molecule has 4 N–H and O–H groups in total. The number of benzene rings is 2. The minimum Gasteiger partial charge on any atom is -0.404 e. The maximum absolute atomic E-state index is 13.4. The molecule has 7 nitrogen and oxygen atoms in total. The molecule has 32 heavy (non-hydrogen) atoms. The van der Waals surface area contributed by atoms with E-state index in [9.17, 15) is 22.8 Å². The molecule has 0 fully saturated rings. The second-order valence-electron chi connectivity index (χ2n) is 7.05. The van der Waals surface area contributed by atoms with Crippen molar-refractivity contribution >= 4 is 23.7 Å². The lowest BCUT2D eigenvalue weighted by molar-refractivity contribution is -0.146. The summed E-state index contributed by atoms with van der Waals surface area (Å²) in [5.74, 6) is -2.91. The van der Waals surface area contributed by atoms with E-state index in [-0.39, 0.29) is 28.0 Å². The van der Waals surface area contributed by atoms with E-state index in [1.165, 1.54) is 36.4 Å². The Labute approximate surface area is 181 Å². The molecule has 0 radical (unpaired) electrons. The first-order valence-corrected chi connectivity index (χ1v) is 9.40. The van der Waals surface area contributed by atoms with Crippen LogP contribution in [0.3, 0.4) is 0 Å². The van der Waals surface area contributed by atoms with Crippen molar-refractivity contribution in [2.24, 2.45) is 5.73 Å². The quantitative estimate of drug-likeness (QED) is 0.617. The van der Waals surface area contributed by atoms with Gasteiger partial charge in [0.1, 0.15) is 6.54 Å². The maximum Gasteiger partial charge on any atom is 0.406 e. The zero-order valence-corrected chi connectivity index (χ0v) is 16.6. The first-order valence-electron chi connectivity index (χ1n) is 9.40. The second-order valence-corrected chi connectivity index (χ2v) is 7.05. The minimum absolute atomic E-state index is 0.0414. The Morgan fingerprint density at radius 3 is 2.59 bits per heavy atom. The van der Waals surface area contributed by atoms with Gasteiger partial charge in [-0.3, -0.25) is 9.59 Å². The zero-order chi connectivity index (χ0) is 23.5. The van der Waals surface area contributed by atoms with Crippen LogP contribution in [0.25, 0.3) is 0 Å². The number of alkyl halides is 3. The van der Waals surface area contributed by atoms with E-state index in [1.54, 1.807) is 12.1 Å². The van der Waals surface area contributed by atoms with E-state index in [0.717, 1.165) is 12.4 Å². The number of nitrogens with two attached hydrogens (primary N) is 1. The predicted octanol–water partition coefficient (Wildman–Crippen LogP) is 3.16. The summed E-state index contributed by atoms with van der Waals surface area (Å²) in [7, 11) is 0. The molecule has 2 aromatic rings. The van der Waals surface area contributed by atoms with Gasteiger partial charge in [-0.1, -0.05) is 24.3 Å². The average molecular weight is 441 g/mol. The molecule has 0 saturated carbocycles. The van der Waals surface area contributed by atoms with Gasteiger partial charge in [0.25, 0.3) is 5.91 Å². The van der Waals surface area contributed by atoms with Gasteiger partial charge in [-0.15, -0.1) is 0 Å². The van der Waals surface area contributed by atoms with E-state index in [0.29, 0.717) is 4.90 Å². The number of hydrogen-bond acceptors (Lipinski definition) is 5. The summed E-state index contributed by atoms with van der Waals surface area (Å²) in [6.45, 7) is -1.62. The largest absolute Gasteiger partial charge is 0.406 e. The second kappa shape index (κ2) is 8.93. The molecule has 2 aromatic carbocycles. The topological polar surface area (TPSA) is 123 Å². The van der Waals surface area contributed by atoms with Crippen molar-refractivity contribution in [2.45, 2.75) is 18.1 Å². The highest BCUT2D eigenvalue weighted by Crippen LogP contribution is 2.38. The molecule has 0 saturated heterocycles. The van der Waals surface area contributed by atoms with Crippen LogP contribution in [-0.2, 0) is 4.79 Å². The van der Waals surface area contributed by atoms with Gasteiger partial charge in [0.05, 0.1) is 23.6 Å². The van der Waals surface area contributed by atoms with Gasteiger partial charge in [0, 0.05) is 29.2 Å². The Morgan fingerprint density at radius 2 is 1.97 bits per heavy atom. The lowest BCUT2D eigenvalue weighted by atomic mass is 9.79. The van der Waals surface area contributed by atoms with Gasteiger partial charge in [0.15, 0.2) is 0 Å². The van der Waals surface area contributed by atoms with Crippen LogP contribution in [0.15, 0.2) is 60.3 Å². The molecule has 3 rings (SSSR count). The van der Waals surface area contributed by atoms with Gasteiger partial charge < -0.3 is 21.4 Å². The molecule has 2 atom stereocenters. The van der Waals surface area contributed by atoms with Crippen LogP contribution in [-0.4, -0.2) is 41.7 Å². The van der Waals surface area contributed by atoms with Crippen LogP contribution >= 0.6 is 0 Å². The Balaban J connectivity index is 2.15. The molecule has 0 unspecified atom stereocenters. The molecular formula is C22H18F3N5O2. The predicted molar refractivity (Wildman–Crippen MR) is 111 cm³/mol. The highest BCUT2D eigenvalue weighted by molar-refractivity contribution is 6.06. The molecule has 0 spiro atoms. The Morgan fingerprint density at radius 1 is 1.25 bits per heavy atom. The standard InChI is InChI=1S/C22H18F3N5O2/c23-22(24,25)12-30-19(14(10-27)11-28)18(16-6-1-2-7-17(16)21(30)32)20(31)29-15-5-3-4-13(8-15)9-26/h1-8,10-11,18-19,27H,12,28H2,(H,29,31)/b14-11+,27-10?/t18-,19+/m1/s1. The zero-order valence-electron chi connectivity index (χ0n) is 16.6. The highest BCUT2D eigenvalue weighted by Gasteiger charge is 2.48. The van der Waals surface area contributed by atoms with Crippen LogP contribution in [0, 0.1) is 16.7 Å². The van der Waals surface area contributed by atoms with Crippen molar-refractivity contribution < 1.29 is 22.8 Å². The van der Waals surface area contributed by atoms with E-state index >= 15 is 0 Å². The van der Waals surface area contributed by atoms with Crippen molar-refractivity contribution in [1.82, 2.24) is 4.90 Å². The third kappa shape index (κ3) is 4.46. The summed E-state index contributed by atoms with van der Waals surface area (Å²) in [5.41, 5.74) is 6.15. The molecule has 0 bridgehead atoms. The number of nitrogens with one attached hydrogen (secondary N) is 2. The lowest BCUT2D eigenvalue weighted by Gasteiger charge is -2.42. The molecule has 1 heterocycles. The summed E-state index contributed by atoms with van der Waals surface area (Å²) < 4.78 is 40.1. The van der Waals surface area contributed by atoms with Crippen molar-refractivity contribution in [3.8, 4) is 6.07 Å². The number of carbonyl (C=O) groups is 2. The van der Waals surface area contributed by atoms with Gasteiger partial charge in [-0.25, -0.2) is 0 Å². The van der Waals surface area contributed by atoms with E-state index in [4.69, 9.17) is 16.4 Å². The number of hydrogen-bond donors (Lipinski definition) is 3. The first-order chi connectivity index (χ1) is 15.2. The maximum atomic E-state index is 13.4. The number of carbonyl (C=O) groups excluding carboxylic acids is 2. The van der Waals surface area contributed by atoms with Crippen molar-refractivity contribution in [3.05, 3.63) is 77.0 Å². The van der Waals surface area contributed by atoms with Crippen LogP contribution in [0.1, 0.15) is 27.4 Å². The van der Waals surface area contributed by atoms with Crippen LogP contribution in [0.4, 0.5) is 18.9 Å². The lowest BCUT2D eigenvalue weighted by Crippen LogP contribution is -2.55. The molecular weight excluding hydrogens is 423 g/mol. The Bertz CT molecular complexity index is 1140. The molecule has 0 aliphatic carbocycles. The third-order valence-corrected chi connectivity index (χ3v) is 5.03. The van der Waals surface area contributed by atoms with E-state index < -0.39 is 36.5 Å². The number of amides is 2. The summed E-state index contributed by atoms with van der Waals surface area (Å²) in [4.78, 5) is 26.8. The minimum atomic E-state index is -4.75. The first kappa shape index (κ1) is 22.6. The molecule has 0 aromatic heterocycles. The molecule has 164 valence electrons. The Kier molecular flexibility index (Phi) is 6.30. The van der Waals surface area contributed by atoms with Crippen molar-refractivity contribution in [2.75, 3.05) is 11.9 Å². The number of nitriles is 1. The molecule has 1 aliphatic rings. The van der Waals surface area contributed by atoms with E-state index in [2.05, 4.69) is 5.32 Å². The number of halogens is 3. The smallest absolute Gasteiger partial charge is 0.404 e. The van der Waals surface area contributed by atoms with Crippen LogP contribution in [0.5, 0.6) is 0 Å². The normalized spacial score (nSPS) is 18.5. The van der Waals surface area contributed by atoms with E-state index in [1.807, 2.05) is 6.07 Å².